The molecule has 28 heavy (non-hydrogen) atoms. The fourth-order valence-corrected chi connectivity index (χ4v) is 3.80. The van der Waals surface area contributed by atoms with Gasteiger partial charge < -0.3 is 14.6 Å². The molecule has 1 saturated heterocycles. The summed E-state index contributed by atoms with van der Waals surface area (Å²) in [5.74, 6) is 0. The van der Waals surface area contributed by atoms with Gasteiger partial charge in [-0.2, -0.15) is 0 Å². The van der Waals surface area contributed by atoms with E-state index in [2.05, 4.69) is 0 Å². The molecular weight excluding hydrogens is 360 g/mol. The van der Waals surface area contributed by atoms with Gasteiger partial charge in [0.25, 0.3) is 0 Å². The Balaban J connectivity index is 1.42. The lowest BCUT2D eigenvalue weighted by molar-refractivity contribution is -0.0767. The molecule has 2 aromatic carbocycles. The van der Waals surface area contributed by atoms with E-state index in [4.69, 9.17) is 9.47 Å². The molecule has 146 valence electrons. The third-order valence-electron chi connectivity index (χ3n) is 5.15. The van der Waals surface area contributed by atoms with Gasteiger partial charge in [-0.05, 0) is 24.0 Å². The summed E-state index contributed by atoms with van der Waals surface area (Å²) in [6.07, 6.45) is -1.01. The van der Waals surface area contributed by atoms with Crippen molar-refractivity contribution < 1.29 is 24.2 Å². The van der Waals surface area contributed by atoms with Crippen molar-refractivity contribution in [3.63, 3.8) is 0 Å². The first-order chi connectivity index (χ1) is 13.6. The lowest BCUT2D eigenvalue weighted by atomic mass is 10.2. The predicted octanol–water partition coefficient (Wildman–Crippen LogP) is 3.08. The van der Waals surface area contributed by atoms with Crippen LogP contribution in [0.1, 0.15) is 24.0 Å². The third-order valence-corrected chi connectivity index (χ3v) is 5.15. The fraction of sp³-hybridized carbons (Fsp3) is 0.333. The zero-order valence-corrected chi connectivity index (χ0v) is 15.3. The van der Waals surface area contributed by atoms with Crippen LogP contribution in [0.25, 0.3) is 0 Å². The molecule has 0 radical (unpaired) electrons. The smallest absolute Gasteiger partial charge is 0.429 e. The molecule has 7 nitrogen and oxygen atoms in total. The number of nitrogens with zero attached hydrogens (tertiary/aromatic N) is 2. The minimum atomic E-state index is -0.674. The summed E-state index contributed by atoms with van der Waals surface area (Å²) in [6.45, 7) is 0.208. The number of aliphatic hydroxyl groups excluding tert-OH is 1. The molecule has 1 saturated carbocycles. The average molecular weight is 382 g/mol. The molecule has 7 heteroatoms. The molecule has 1 N–H and O–H groups in total. The van der Waals surface area contributed by atoms with E-state index in [0.29, 0.717) is 12.8 Å². The molecule has 1 heterocycles. The van der Waals surface area contributed by atoms with Crippen LogP contribution in [-0.2, 0) is 22.7 Å². The maximum atomic E-state index is 12.7. The molecule has 2 amide bonds. The number of carbonyl (C=O) groups is 2. The van der Waals surface area contributed by atoms with E-state index in [1.807, 2.05) is 60.7 Å². The Labute approximate surface area is 163 Å². The molecule has 1 aliphatic carbocycles. The van der Waals surface area contributed by atoms with Gasteiger partial charge in [-0.15, -0.1) is 0 Å². The molecule has 0 aromatic heterocycles. The van der Waals surface area contributed by atoms with E-state index in [1.54, 1.807) is 0 Å². The highest BCUT2D eigenvalue weighted by molar-refractivity contribution is 5.76. The maximum absolute atomic E-state index is 12.7. The molecule has 1 aliphatic heterocycles. The van der Waals surface area contributed by atoms with Crippen LogP contribution in [0.2, 0.25) is 0 Å². The standard InChI is InChI=1S/C21H22N2O5/c24-19-12-17-11-18(19)23(21(26)28-14-16-9-5-2-6-10-16)22(17)20(25)27-13-15-7-3-1-4-8-15/h1-10,17-19,24H,11-14H2. The van der Waals surface area contributed by atoms with Crippen molar-refractivity contribution in [3.05, 3.63) is 71.8 Å². The molecule has 4 rings (SSSR count). The number of amides is 2. The highest BCUT2D eigenvalue weighted by atomic mass is 16.6. The number of hydrogen-bond donors (Lipinski definition) is 1. The van der Waals surface area contributed by atoms with Crippen molar-refractivity contribution >= 4 is 12.2 Å². The molecule has 0 spiro atoms. The Bertz CT molecular complexity index is 829. The zero-order valence-electron chi connectivity index (χ0n) is 15.3. The fourth-order valence-electron chi connectivity index (χ4n) is 3.80. The first-order valence-corrected chi connectivity index (χ1v) is 9.31. The Morgan fingerprint density at radius 2 is 1.32 bits per heavy atom. The van der Waals surface area contributed by atoms with E-state index in [1.165, 1.54) is 10.0 Å². The zero-order chi connectivity index (χ0) is 19.5. The number of rotatable bonds is 4. The van der Waals surface area contributed by atoms with Gasteiger partial charge in [0.2, 0.25) is 0 Å². The van der Waals surface area contributed by atoms with Crippen LogP contribution < -0.4 is 0 Å². The predicted molar refractivity (Wildman–Crippen MR) is 99.7 cm³/mol. The molecule has 2 fully saturated rings. The number of ether oxygens (including phenoxy) is 2. The summed E-state index contributed by atoms with van der Waals surface area (Å²) in [6, 6.07) is 17.9. The number of carbonyl (C=O) groups excluding carboxylic acids is 2. The van der Waals surface area contributed by atoms with Crippen molar-refractivity contribution in [3.8, 4) is 0 Å². The number of hydrazine groups is 1. The van der Waals surface area contributed by atoms with Crippen LogP contribution >= 0.6 is 0 Å². The van der Waals surface area contributed by atoms with Crippen molar-refractivity contribution in [1.29, 1.82) is 0 Å². The van der Waals surface area contributed by atoms with E-state index in [0.717, 1.165) is 11.1 Å². The molecule has 3 unspecified atom stereocenters. The van der Waals surface area contributed by atoms with Crippen molar-refractivity contribution in [2.45, 2.75) is 44.2 Å². The number of fused-ring (bicyclic) bond motifs is 2. The van der Waals surface area contributed by atoms with Crippen molar-refractivity contribution in [2.24, 2.45) is 0 Å². The normalized spacial score (nSPS) is 23.0. The van der Waals surface area contributed by atoms with Gasteiger partial charge >= 0.3 is 12.2 Å². The van der Waals surface area contributed by atoms with Gasteiger partial charge in [0.15, 0.2) is 0 Å². The van der Waals surface area contributed by atoms with Gasteiger partial charge in [-0.3, -0.25) is 0 Å². The van der Waals surface area contributed by atoms with Crippen molar-refractivity contribution in [2.75, 3.05) is 0 Å². The molecule has 2 aliphatic rings. The number of hydrogen-bond acceptors (Lipinski definition) is 5. The molecule has 2 bridgehead atoms. The summed E-state index contributed by atoms with van der Waals surface area (Å²) >= 11 is 0. The molecule has 2 aromatic rings. The van der Waals surface area contributed by atoms with Crippen LogP contribution in [0.5, 0.6) is 0 Å². The second-order valence-corrected chi connectivity index (χ2v) is 7.03. The molecular formula is C21H22N2O5. The third kappa shape index (κ3) is 3.66. The maximum Gasteiger partial charge on any atom is 0.429 e. The van der Waals surface area contributed by atoms with Gasteiger partial charge in [0.05, 0.1) is 18.2 Å². The first kappa shape index (κ1) is 18.3. The Morgan fingerprint density at radius 3 is 1.86 bits per heavy atom. The van der Waals surface area contributed by atoms with Gasteiger partial charge in [-0.1, -0.05) is 60.7 Å². The van der Waals surface area contributed by atoms with Crippen LogP contribution in [0.4, 0.5) is 9.59 Å². The number of benzene rings is 2. The molecule has 3 atom stereocenters. The highest BCUT2D eigenvalue weighted by Crippen LogP contribution is 2.39. The van der Waals surface area contributed by atoms with Crippen LogP contribution in [-0.4, -0.2) is 45.5 Å². The highest BCUT2D eigenvalue weighted by Gasteiger charge is 2.55. The minimum absolute atomic E-state index is 0.0938. The minimum Gasteiger partial charge on any atom is -0.443 e. The quantitative estimate of drug-likeness (QED) is 0.879. The topological polar surface area (TPSA) is 79.3 Å². The summed E-state index contributed by atoms with van der Waals surface area (Å²) in [5.41, 5.74) is 1.71. The van der Waals surface area contributed by atoms with E-state index < -0.39 is 24.3 Å². The summed E-state index contributed by atoms with van der Waals surface area (Å²) in [4.78, 5) is 25.4. The lowest BCUT2D eigenvalue weighted by Crippen LogP contribution is -2.57. The summed E-state index contributed by atoms with van der Waals surface area (Å²) < 4.78 is 10.8. The second kappa shape index (κ2) is 7.90. The Kier molecular flexibility index (Phi) is 5.16. The SMILES string of the molecule is O=C(OCc1ccccc1)N1C2CC(O)C(C2)N1C(=O)OCc1ccccc1. The van der Waals surface area contributed by atoms with Crippen LogP contribution in [0.15, 0.2) is 60.7 Å². The summed E-state index contributed by atoms with van der Waals surface area (Å²) in [5, 5.41) is 12.7. The van der Waals surface area contributed by atoms with Gasteiger partial charge in [0, 0.05) is 0 Å². The first-order valence-electron chi connectivity index (χ1n) is 9.31. The monoisotopic (exact) mass is 382 g/mol. The summed E-state index contributed by atoms with van der Waals surface area (Å²) in [7, 11) is 0. The second-order valence-electron chi connectivity index (χ2n) is 7.03. The average Bonchev–Trinajstić information content (AvgIpc) is 3.29. The van der Waals surface area contributed by atoms with E-state index in [-0.39, 0.29) is 19.3 Å². The van der Waals surface area contributed by atoms with Gasteiger partial charge in [-0.25, -0.2) is 19.6 Å². The van der Waals surface area contributed by atoms with Crippen LogP contribution in [0, 0.1) is 0 Å². The Hall–Kier alpha value is -3.06. The van der Waals surface area contributed by atoms with Crippen LogP contribution in [0.3, 0.4) is 0 Å². The van der Waals surface area contributed by atoms with E-state index in [9.17, 15) is 14.7 Å². The lowest BCUT2D eigenvalue weighted by Gasteiger charge is -2.38. The van der Waals surface area contributed by atoms with E-state index >= 15 is 0 Å². The Morgan fingerprint density at radius 1 is 0.821 bits per heavy atom. The van der Waals surface area contributed by atoms with Gasteiger partial charge in [0.1, 0.15) is 13.2 Å². The largest absolute Gasteiger partial charge is 0.443 e. The number of aliphatic hydroxyl groups is 1. The van der Waals surface area contributed by atoms with Crippen molar-refractivity contribution in [1.82, 2.24) is 10.0 Å².